The third kappa shape index (κ3) is 3.46. The van der Waals surface area contributed by atoms with E-state index in [0.29, 0.717) is 43.0 Å². The summed E-state index contributed by atoms with van der Waals surface area (Å²) in [6.07, 6.45) is 1.74. The van der Waals surface area contributed by atoms with Gasteiger partial charge in [0.05, 0.1) is 50.7 Å². The first-order chi connectivity index (χ1) is 16.5. The number of ether oxygens (including phenoxy) is 1. The number of rotatable bonds is 5. The minimum absolute atomic E-state index is 0.182. The zero-order chi connectivity index (χ0) is 24.0. The first-order valence-corrected chi connectivity index (χ1v) is 11.4. The quantitative estimate of drug-likeness (QED) is 0.382. The van der Waals surface area contributed by atoms with Crippen molar-refractivity contribution < 1.29 is 4.74 Å². The molecule has 3 N–H and O–H groups in total. The molecule has 0 aliphatic rings. The summed E-state index contributed by atoms with van der Waals surface area (Å²) < 4.78 is 6.92. The molecule has 170 valence electrons. The van der Waals surface area contributed by atoms with Gasteiger partial charge in [-0.2, -0.15) is 15.5 Å². The Balaban J connectivity index is 1.75. The van der Waals surface area contributed by atoms with E-state index in [1.165, 1.54) is 11.3 Å². The Kier molecular flexibility index (Phi) is 5.63. The lowest BCUT2D eigenvalue weighted by atomic mass is 10.00. The number of nitriles is 1. The number of nitrogens with zero attached hydrogens (tertiary/aromatic N) is 5. The maximum Gasteiger partial charge on any atom is 0.272 e. The lowest BCUT2D eigenvalue weighted by molar-refractivity contribution is 0.182. The summed E-state index contributed by atoms with van der Waals surface area (Å²) in [5.74, 6) is 0. The SMILES string of the molecule is COCc1nc2sc(-c3c(-c4ccc5c(=O)[nH]nc(CN)c5c4)cnn3C)c(C#N)c2cc1Cl. The lowest BCUT2D eigenvalue weighted by Gasteiger charge is -2.08. The summed E-state index contributed by atoms with van der Waals surface area (Å²) >= 11 is 7.79. The molecule has 0 fully saturated rings. The summed E-state index contributed by atoms with van der Waals surface area (Å²) in [6.45, 7) is 0.455. The van der Waals surface area contributed by atoms with Crippen molar-refractivity contribution in [3.63, 3.8) is 0 Å². The largest absolute Gasteiger partial charge is 0.378 e. The molecule has 4 aromatic heterocycles. The van der Waals surface area contributed by atoms with Gasteiger partial charge in [-0.05, 0) is 23.8 Å². The number of methoxy groups -OCH3 is 1. The Morgan fingerprint density at radius 2 is 2.09 bits per heavy atom. The standard InChI is InChI=1S/C23H18ClN7O2S/c1-31-20(21-15(7-25)14-6-17(24)19(10-33-2)28-23(14)34-21)16(9-27-31)11-3-4-12-13(5-11)18(8-26)29-30-22(12)32/h3-6,9H,8,10,26H2,1-2H3,(H,30,32). The van der Waals surface area contributed by atoms with E-state index >= 15 is 0 Å². The van der Waals surface area contributed by atoms with E-state index in [9.17, 15) is 10.1 Å². The number of aromatic amines is 1. The fourth-order valence-electron chi connectivity index (χ4n) is 4.01. The van der Waals surface area contributed by atoms with E-state index in [1.807, 2.05) is 19.2 Å². The molecule has 0 unspecified atom stereocenters. The number of nitrogens with two attached hydrogens (primary N) is 1. The van der Waals surface area contributed by atoms with Crippen LogP contribution in [0.25, 0.3) is 42.7 Å². The Labute approximate surface area is 202 Å². The Morgan fingerprint density at radius 1 is 1.26 bits per heavy atom. The van der Waals surface area contributed by atoms with Gasteiger partial charge in [0.2, 0.25) is 0 Å². The van der Waals surface area contributed by atoms with E-state index in [-0.39, 0.29) is 18.7 Å². The average Bonchev–Trinajstić information content (AvgIpc) is 3.38. The van der Waals surface area contributed by atoms with Crippen LogP contribution in [0.1, 0.15) is 17.0 Å². The highest BCUT2D eigenvalue weighted by molar-refractivity contribution is 7.22. The Hall–Kier alpha value is -3.62. The molecule has 11 heteroatoms. The van der Waals surface area contributed by atoms with E-state index in [1.54, 1.807) is 30.1 Å². The van der Waals surface area contributed by atoms with Crippen LogP contribution in [0.4, 0.5) is 0 Å². The second-order valence-corrected chi connectivity index (χ2v) is 9.02. The number of halogens is 1. The number of aromatic nitrogens is 5. The maximum atomic E-state index is 12.2. The predicted molar refractivity (Wildman–Crippen MR) is 132 cm³/mol. The monoisotopic (exact) mass is 491 g/mol. The van der Waals surface area contributed by atoms with E-state index < -0.39 is 0 Å². The molecule has 0 aliphatic heterocycles. The molecule has 0 aliphatic carbocycles. The van der Waals surface area contributed by atoms with E-state index in [2.05, 4.69) is 26.3 Å². The predicted octanol–water partition coefficient (Wildman–Crippen LogP) is 3.73. The van der Waals surface area contributed by atoms with Crippen molar-refractivity contribution in [2.24, 2.45) is 12.8 Å². The molecular formula is C23H18ClN7O2S. The molecule has 5 aromatic rings. The van der Waals surface area contributed by atoms with Gasteiger partial charge >= 0.3 is 0 Å². The second-order valence-electron chi connectivity index (χ2n) is 7.61. The highest BCUT2D eigenvalue weighted by atomic mass is 35.5. The molecule has 0 atom stereocenters. The van der Waals surface area contributed by atoms with Gasteiger partial charge in [0.25, 0.3) is 5.56 Å². The molecule has 9 nitrogen and oxygen atoms in total. The molecule has 34 heavy (non-hydrogen) atoms. The molecular weight excluding hydrogens is 474 g/mol. The smallest absolute Gasteiger partial charge is 0.272 e. The Bertz CT molecular complexity index is 1680. The Morgan fingerprint density at radius 3 is 2.82 bits per heavy atom. The number of benzene rings is 1. The normalized spacial score (nSPS) is 11.4. The zero-order valence-electron chi connectivity index (χ0n) is 18.2. The van der Waals surface area contributed by atoms with Gasteiger partial charge in [0.1, 0.15) is 10.9 Å². The van der Waals surface area contributed by atoms with Crippen LogP contribution < -0.4 is 11.3 Å². The van der Waals surface area contributed by atoms with Crippen LogP contribution in [0, 0.1) is 11.3 Å². The second kappa shape index (κ2) is 8.62. The van der Waals surface area contributed by atoms with Crippen LogP contribution in [0.5, 0.6) is 0 Å². The fourth-order valence-corrected chi connectivity index (χ4v) is 5.43. The van der Waals surface area contributed by atoms with Crippen LogP contribution >= 0.6 is 22.9 Å². The number of hydrogen-bond donors (Lipinski definition) is 2. The third-order valence-corrected chi connectivity index (χ3v) is 7.06. The first kappa shape index (κ1) is 22.2. The molecule has 0 saturated carbocycles. The number of nitrogens with one attached hydrogen (secondary N) is 1. The van der Waals surface area contributed by atoms with Crippen LogP contribution in [0.3, 0.4) is 0 Å². The summed E-state index contributed by atoms with van der Waals surface area (Å²) in [7, 11) is 3.40. The van der Waals surface area contributed by atoms with Crippen molar-refractivity contribution in [1.29, 1.82) is 5.26 Å². The van der Waals surface area contributed by atoms with Gasteiger partial charge in [0, 0.05) is 37.0 Å². The van der Waals surface area contributed by atoms with Crippen LogP contribution in [0.2, 0.25) is 5.02 Å². The van der Waals surface area contributed by atoms with E-state index in [4.69, 9.17) is 22.1 Å². The van der Waals surface area contributed by atoms with Gasteiger partial charge in [0.15, 0.2) is 0 Å². The van der Waals surface area contributed by atoms with Crippen LogP contribution in [0.15, 0.2) is 35.3 Å². The highest BCUT2D eigenvalue weighted by Crippen LogP contribution is 2.43. The van der Waals surface area contributed by atoms with Crippen LogP contribution in [-0.4, -0.2) is 32.1 Å². The number of thiophene rings is 1. The van der Waals surface area contributed by atoms with Gasteiger partial charge in [-0.25, -0.2) is 10.1 Å². The average molecular weight is 492 g/mol. The topological polar surface area (TPSA) is 136 Å². The number of pyridine rings is 1. The van der Waals surface area contributed by atoms with Crippen molar-refractivity contribution in [3.8, 4) is 27.8 Å². The number of fused-ring (bicyclic) bond motifs is 2. The number of aryl methyl sites for hydroxylation is 1. The van der Waals surface area contributed by atoms with Crippen LogP contribution in [-0.2, 0) is 24.9 Å². The zero-order valence-corrected chi connectivity index (χ0v) is 19.8. The van der Waals surface area contributed by atoms with Gasteiger partial charge in [-0.1, -0.05) is 17.7 Å². The van der Waals surface area contributed by atoms with Crippen molar-refractivity contribution >= 4 is 43.9 Å². The highest BCUT2D eigenvalue weighted by Gasteiger charge is 2.23. The van der Waals surface area contributed by atoms with Crippen molar-refractivity contribution in [2.75, 3.05) is 7.11 Å². The number of hydrogen-bond acceptors (Lipinski definition) is 8. The summed E-state index contributed by atoms with van der Waals surface area (Å²) in [5.41, 5.74) is 9.63. The lowest BCUT2D eigenvalue weighted by Crippen LogP contribution is -2.13. The summed E-state index contributed by atoms with van der Waals surface area (Å²) in [5, 5.41) is 23.4. The van der Waals surface area contributed by atoms with Crippen molar-refractivity contribution in [3.05, 3.63) is 62.8 Å². The molecule has 4 heterocycles. The van der Waals surface area contributed by atoms with Crippen molar-refractivity contribution in [2.45, 2.75) is 13.2 Å². The fraction of sp³-hybridized carbons (Fsp3) is 0.174. The van der Waals surface area contributed by atoms with E-state index in [0.717, 1.165) is 21.7 Å². The molecule has 5 rings (SSSR count). The first-order valence-electron chi connectivity index (χ1n) is 10.2. The third-order valence-electron chi connectivity index (χ3n) is 5.63. The van der Waals surface area contributed by atoms with Gasteiger partial charge < -0.3 is 10.5 Å². The summed E-state index contributed by atoms with van der Waals surface area (Å²) in [6, 6.07) is 9.55. The minimum atomic E-state index is -0.281. The summed E-state index contributed by atoms with van der Waals surface area (Å²) in [4.78, 5) is 18.3. The van der Waals surface area contributed by atoms with Gasteiger partial charge in [-0.3, -0.25) is 9.48 Å². The molecule has 0 radical (unpaired) electrons. The molecule has 0 bridgehead atoms. The molecule has 0 saturated heterocycles. The number of H-pyrrole nitrogens is 1. The minimum Gasteiger partial charge on any atom is -0.378 e. The molecule has 0 spiro atoms. The van der Waals surface area contributed by atoms with Crippen molar-refractivity contribution in [1.82, 2.24) is 25.0 Å². The molecule has 1 aromatic carbocycles. The maximum absolute atomic E-state index is 12.2. The van der Waals surface area contributed by atoms with Gasteiger partial charge in [-0.15, -0.1) is 11.3 Å². The molecule has 0 amide bonds.